The van der Waals surface area contributed by atoms with E-state index in [9.17, 15) is 0 Å². The molecule has 0 unspecified atom stereocenters. The quantitative estimate of drug-likeness (QED) is 0.748. The topological polar surface area (TPSA) is 36.7 Å². The zero-order valence-electron chi connectivity index (χ0n) is 9.12. The number of pyridine rings is 1. The zero-order chi connectivity index (χ0) is 13.1. The molecule has 0 aliphatic heterocycles. The third-order valence-electron chi connectivity index (χ3n) is 2.46. The summed E-state index contributed by atoms with van der Waals surface area (Å²) >= 11 is 17.7. The first kappa shape index (κ1) is 13.2. The van der Waals surface area contributed by atoms with Crippen LogP contribution in [0.25, 0.3) is 11.1 Å². The summed E-state index contributed by atoms with van der Waals surface area (Å²) in [5.74, 6) is 0. The molecule has 90 valence electrons. The first-order valence-electron chi connectivity index (χ1n) is 5.08. The Bertz CT molecular complexity index is 633. The van der Waals surface area contributed by atoms with E-state index in [0.29, 0.717) is 15.2 Å². The van der Waals surface area contributed by atoms with Gasteiger partial charge in [0.2, 0.25) is 0 Å². The highest BCUT2D eigenvalue weighted by molar-refractivity contribution is 6.42. The van der Waals surface area contributed by atoms with Gasteiger partial charge in [-0.25, -0.2) is 4.98 Å². The second kappa shape index (κ2) is 5.58. The van der Waals surface area contributed by atoms with Crippen molar-refractivity contribution in [3.05, 3.63) is 51.2 Å². The first-order valence-corrected chi connectivity index (χ1v) is 6.22. The fraction of sp³-hybridized carbons (Fsp3) is 0.0769. The third-order valence-corrected chi connectivity index (χ3v) is 3.40. The van der Waals surface area contributed by atoms with E-state index in [1.54, 1.807) is 24.4 Å². The maximum absolute atomic E-state index is 8.82. The van der Waals surface area contributed by atoms with Gasteiger partial charge in [-0.3, -0.25) is 0 Å². The maximum Gasteiger partial charge on any atom is 0.129 e. The Morgan fingerprint density at radius 1 is 1.11 bits per heavy atom. The average Bonchev–Trinajstić information content (AvgIpc) is 2.34. The zero-order valence-corrected chi connectivity index (χ0v) is 11.4. The lowest BCUT2D eigenvalue weighted by Crippen LogP contribution is -1.91. The lowest BCUT2D eigenvalue weighted by molar-refractivity contribution is 1.21. The number of nitriles is 1. The Morgan fingerprint density at radius 3 is 2.56 bits per heavy atom. The van der Waals surface area contributed by atoms with E-state index in [-0.39, 0.29) is 6.42 Å². The van der Waals surface area contributed by atoms with Crippen molar-refractivity contribution in [2.45, 2.75) is 6.42 Å². The van der Waals surface area contributed by atoms with Crippen molar-refractivity contribution in [2.75, 3.05) is 0 Å². The molecule has 2 aromatic rings. The molecule has 0 N–H and O–H groups in total. The monoisotopic (exact) mass is 296 g/mol. The van der Waals surface area contributed by atoms with Crippen LogP contribution in [0.3, 0.4) is 0 Å². The second-order valence-corrected chi connectivity index (χ2v) is 4.83. The molecule has 0 bridgehead atoms. The van der Waals surface area contributed by atoms with Crippen molar-refractivity contribution in [1.29, 1.82) is 5.26 Å². The van der Waals surface area contributed by atoms with Crippen molar-refractivity contribution < 1.29 is 0 Å². The predicted molar refractivity (Wildman–Crippen MR) is 74.0 cm³/mol. The number of hydrogen-bond donors (Lipinski definition) is 0. The molecule has 0 radical (unpaired) electrons. The van der Waals surface area contributed by atoms with Crippen LogP contribution in [0, 0.1) is 11.3 Å². The number of aromatic nitrogens is 1. The van der Waals surface area contributed by atoms with Crippen LogP contribution < -0.4 is 0 Å². The number of benzene rings is 1. The summed E-state index contributed by atoms with van der Waals surface area (Å²) in [5, 5.41) is 10.1. The van der Waals surface area contributed by atoms with Crippen LogP contribution in [0.4, 0.5) is 0 Å². The van der Waals surface area contributed by atoms with Gasteiger partial charge < -0.3 is 0 Å². The molecule has 1 heterocycles. The van der Waals surface area contributed by atoms with Gasteiger partial charge in [-0.15, -0.1) is 0 Å². The Kier molecular flexibility index (Phi) is 4.08. The normalized spacial score (nSPS) is 10.1. The SMILES string of the molecule is N#CCc1cc(Cl)ncc1-c1ccc(Cl)c(Cl)c1. The summed E-state index contributed by atoms with van der Waals surface area (Å²) in [6.45, 7) is 0. The fourth-order valence-electron chi connectivity index (χ4n) is 1.62. The summed E-state index contributed by atoms with van der Waals surface area (Å²) in [4.78, 5) is 4.03. The van der Waals surface area contributed by atoms with Crippen molar-refractivity contribution in [2.24, 2.45) is 0 Å². The Balaban J connectivity index is 2.56. The van der Waals surface area contributed by atoms with Crippen LogP contribution in [0.1, 0.15) is 5.56 Å². The van der Waals surface area contributed by atoms with Crippen LogP contribution in [-0.2, 0) is 6.42 Å². The summed E-state index contributed by atoms with van der Waals surface area (Å²) in [6, 6.07) is 9.08. The van der Waals surface area contributed by atoms with E-state index >= 15 is 0 Å². The fourth-order valence-corrected chi connectivity index (χ4v) is 2.10. The molecular formula is C13H7Cl3N2. The minimum Gasteiger partial charge on any atom is -0.244 e. The Labute approximate surface area is 120 Å². The van der Waals surface area contributed by atoms with Crippen LogP contribution >= 0.6 is 34.8 Å². The van der Waals surface area contributed by atoms with Crippen LogP contribution in [0.5, 0.6) is 0 Å². The van der Waals surface area contributed by atoms with E-state index in [1.807, 2.05) is 6.07 Å². The van der Waals surface area contributed by atoms with E-state index in [1.165, 1.54) is 0 Å². The number of halogens is 3. The molecule has 0 aliphatic carbocycles. The van der Waals surface area contributed by atoms with E-state index in [2.05, 4.69) is 11.1 Å². The van der Waals surface area contributed by atoms with Crippen molar-refractivity contribution in [1.82, 2.24) is 4.98 Å². The van der Waals surface area contributed by atoms with Gasteiger partial charge in [0.1, 0.15) is 5.15 Å². The largest absolute Gasteiger partial charge is 0.244 e. The van der Waals surface area contributed by atoms with Gasteiger partial charge in [0, 0.05) is 11.8 Å². The number of nitrogens with zero attached hydrogens (tertiary/aromatic N) is 2. The van der Waals surface area contributed by atoms with Gasteiger partial charge in [0.15, 0.2) is 0 Å². The molecular weight excluding hydrogens is 291 g/mol. The molecule has 5 heteroatoms. The van der Waals surface area contributed by atoms with E-state index in [4.69, 9.17) is 40.1 Å². The lowest BCUT2D eigenvalue weighted by Gasteiger charge is -2.08. The molecule has 18 heavy (non-hydrogen) atoms. The predicted octanol–water partition coefficient (Wildman–Crippen LogP) is 4.77. The second-order valence-electron chi connectivity index (χ2n) is 3.63. The molecule has 1 aromatic heterocycles. The molecule has 0 atom stereocenters. The van der Waals surface area contributed by atoms with Gasteiger partial charge in [0.05, 0.1) is 22.5 Å². The van der Waals surface area contributed by atoms with Crippen molar-refractivity contribution in [3.8, 4) is 17.2 Å². The lowest BCUT2D eigenvalue weighted by atomic mass is 10.0. The van der Waals surface area contributed by atoms with Gasteiger partial charge in [-0.05, 0) is 29.3 Å². The summed E-state index contributed by atoms with van der Waals surface area (Å²) in [7, 11) is 0. The molecule has 2 nitrogen and oxygen atoms in total. The molecule has 0 fully saturated rings. The average molecular weight is 298 g/mol. The first-order chi connectivity index (χ1) is 8.61. The highest BCUT2D eigenvalue weighted by Gasteiger charge is 2.08. The van der Waals surface area contributed by atoms with Crippen LogP contribution in [0.2, 0.25) is 15.2 Å². The minimum atomic E-state index is 0.262. The standard InChI is InChI=1S/C13H7Cl3N2/c14-11-2-1-8(5-12(11)15)10-7-18-13(16)6-9(10)3-4-17/h1-2,5-7H,3H2. The molecule has 0 amide bonds. The molecule has 0 saturated carbocycles. The van der Waals surface area contributed by atoms with Gasteiger partial charge in [-0.1, -0.05) is 40.9 Å². The highest BCUT2D eigenvalue weighted by atomic mass is 35.5. The van der Waals surface area contributed by atoms with Gasteiger partial charge in [-0.2, -0.15) is 5.26 Å². The third kappa shape index (κ3) is 2.76. The minimum absolute atomic E-state index is 0.262. The van der Waals surface area contributed by atoms with E-state index < -0.39 is 0 Å². The van der Waals surface area contributed by atoms with Crippen LogP contribution in [-0.4, -0.2) is 4.98 Å². The molecule has 0 aliphatic rings. The van der Waals surface area contributed by atoms with Crippen molar-refractivity contribution >= 4 is 34.8 Å². The maximum atomic E-state index is 8.82. The van der Waals surface area contributed by atoms with Crippen molar-refractivity contribution in [3.63, 3.8) is 0 Å². The van der Waals surface area contributed by atoms with Crippen LogP contribution in [0.15, 0.2) is 30.5 Å². The molecule has 0 saturated heterocycles. The highest BCUT2D eigenvalue weighted by Crippen LogP contribution is 2.31. The summed E-state index contributed by atoms with van der Waals surface area (Å²) in [5.41, 5.74) is 2.51. The van der Waals surface area contributed by atoms with Gasteiger partial charge >= 0.3 is 0 Å². The summed E-state index contributed by atoms with van der Waals surface area (Å²) < 4.78 is 0. The molecule has 0 spiro atoms. The molecule has 2 rings (SSSR count). The van der Waals surface area contributed by atoms with E-state index in [0.717, 1.165) is 16.7 Å². The molecule has 1 aromatic carbocycles. The number of hydrogen-bond acceptors (Lipinski definition) is 2. The Morgan fingerprint density at radius 2 is 1.89 bits per heavy atom. The smallest absolute Gasteiger partial charge is 0.129 e. The number of rotatable bonds is 2. The van der Waals surface area contributed by atoms with Gasteiger partial charge in [0.25, 0.3) is 0 Å². The Hall–Kier alpha value is -1.27. The summed E-state index contributed by atoms with van der Waals surface area (Å²) in [6.07, 6.45) is 1.90.